The van der Waals surface area contributed by atoms with Crippen molar-refractivity contribution in [2.45, 2.75) is 19.4 Å². The van der Waals surface area contributed by atoms with Gasteiger partial charge >= 0.3 is 5.56 Å². The Balaban J connectivity index is 2.84. The van der Waals surface area contributed by atoms with Gasteiger partial charge in [-0.05, 0) is 13.8 Å². The zero-order valence-electron chi connectivity index (χ0n) is 9.30. The van der Waals surface area contributed by atoms with E-state index in [-0.39, 0.29) is 5.82 Å². The first-order valence-corrected chi connectivity index (χ1v) is 4.85. The maximum Gasteiger partial charge on any atom is 0.300 e. The van der Waals surface area contributed by atoms with Gasteiger partial charge in [-0.3, -0.25) is 14.2 Å². The minimum Gasteiger partial charge on any atom is -0.501 e. The Morgan fingerprint density at radius 3 is 2.82 bits per heavy atom. The minimum atomic E-state index is -0.964. The monoisotopic (exact) mass is 237 g/mol. The molecule has 7 nitrogen and oxygen atoms in total. The van der Waals surface area contributed by atoms with E-state index < -0.39 is 28.5 Å². The van der Waals surface area contributed by atoms with Crippen molar-refractivity contribution in [3.8, 4) is 5.75 Å². The Morgan fingerprint density at radius 1 is 1.59 bits per heavy atom. The molecule has 0 saturated carbocycles. The number of rotatable bonds is 1. The summed E-state index contributed by atoms with van der Waals surface area (Å²) in [7, 11) is 0. The minimum absolute atomic E-state index is 0.205. The second kappa shape index (κ2) is 3.34. The van der Waals surface area contributed by atoms with Gasteiger partial charge < -0.3 is 15.6 Å². The van der Waals surface area contributed by atoms with E-state index in [1.807, 2.05) is 0 Å². The molecule has 0 aromatic carbocycles. The fraction of sp³-hybridized carbons (Fsp3) is 0.300. The highest BCUT2D eigenvalue weighted by Crippen LogP contribution is 2.27. The molecule has 90 valence electrons. The van der Waals surface area contributed by atoms with E-state index in [1.54, 1.807) is 13.8 Å². The van der Waals surface area contributed by atoms with Gasteiger partial charge in [0.2, 0.25) is 5.75 Å². The van der Waals surface area contributed by atoms with Crippen LogP contribution in [0, 0.1) is 0 Å². The predicted octanol–water partition coefficient (Wildman–Crippen LogP) is -0.259. The van der Waals surface area contributed by atoms with E-state index in [9.17, 15) is 14.7 Å². The molecule has 0 spiro atoms. The Hall–Kier alpha value is -2.31. The van der Waals surface area contributed by atoms with Crippen molar-refractivity contribution in [3.05, 3.63) is 28.1 Å². The summed E-state index contributed by atoms with van der Waals surface area (Å²) >= 11 is 0. The molecular formula is C10H11N3O4. The van der Waals surface area contributed by atoms with Crippen LogP contribution >= 0.6 is 0 Å². The van der Waals surface area contributed by atoms with Crippen LogP contribution in [0.2, 0.25) is 0 Å². The summed E-state index contributed by atoms with van der Waals surface area (Å²) in [4.78, 5) is 26.7. The normalized spacial score (nSPS) is 16.1. The number of amides is 1. The third-order valence-corrected chi connectivity index (χ3v) is 2.44. The maximum absolute atomic E-state index is 11.8. The van der Waals surface area contributed by atoms with Gasteiger partial charge in [0.05, 0.1) is 0 Å². The van der Waals surface area contributed by atoms with E-state index in [0.717, 1.165) is 4.57 Å². The zero-order valence-corrected chi connectivity index (χ0v) is 9.30. The third-order valence-electron chi connectivity index (χ3n) is 2.44. The summed E-state index contributed by atoms with van der Waals surface area (Å²) in [5, 5.41) is 9.52. The Morgan fingerprint density at radius 2 is 2.24 bits per heavy atom. The van der Waals surface area contributed by atoms with Crippen LogP contribution in [0.5, 0.6) is 5.75 Å². The number of fused-ring (bicyclic) bond motifs is 1. The van der Waals surface area contributed by atoms with Crippen LogP contribution in [0.4, 0.5) is 0 Å². The molecule has 0 fully saturated rings. The molecule has 1 amide bonds. The average Bonchev–Trinajstić information content (AvgIpc) is 2.22. The van der Waals surface area contributed by atoms with Gasteiger partial charge in [-0.2, -0.15) is 0 Å². The fourth-order valence-electron chi connectivity index (χ4n) is 1.57. The molecule has 1 aromatic heterocycles. The predicted molar refractivity (Wildman–Crippen MR) is 58.1 cm³/mol. The van der Waals surface area contributed by atoms with Crippen molar-refractivity contribution in [1.29, 1.82) is 0 Å². The lowest BCUT2D eigenvalue weighted by atomic mass is 10.1. The van der Waals surface area contributed by atoms with E-state index in [2.05, 4.69) is 4.98 Å². The SMILES string of the molecule is CC1(C)OC=Cn2c1nc(C(N)=O)c(O)c2=O. The van der Waals surface area contributed by atoms with Crippen molar-refractivity contribution in [3.63, 3.8) is 0 Å². The van der Waals surface area contributed by atoms with Gasteiger partial charge in [-0.15, -0.1) is 0 Å². The molecular weight excluding hydrogens is 226 g/mol. The molecule has 0 radical (unpaired) electrons. The lowest BCUT2D eigenvalue weighted by Gasteiger charge is -2.29. The summed E-state index contributed by atoms with van der Waals surface area (Å²) in [5.41, 5.74) is 2.95. The van der Waals surface area contributed by atoms with Gasteiger partial charge in [-0.25, -0.2) is 4.98 Å². The molecule has 2 rings (SSSR count). The average molecular weight is 237 g/mol. The molecule has 2 heterocycles. The molecule has 0 bridgehead atoms. The van der Waals surface area contributed by atoms with Crippen LogP contribution in [0.3, 0.4) is 0 Å². The van der Waals surface area contributed by atoms with Crippen LogP contribution in [-0.4, -0.2) is 20.6 Å². The van der Waals surface area contributed by atoms with Gasteiger partial charge in [-0.1, -0.05) is 0 Å². The first-order chi connectivity index (χ1) is 7.84. The molecule has 1 aliphatic heterocycles. The number of aromatic hydroxyl groups is 1. The smallest absolute Gasteiger partial charge is 0.300 e. The molecule has 17 heavy (non-hydrogen) atoms. The van der Waals surface area contributed by atoms with Crippen molar-refractivity contribution < 1.29 is 14.6 Å². The number of hydrogen-bond acceptors (Lipinski definition) is 5. The van der Waals surface area contributed by atoms with Gasteiger partial charge in [0.1, 0.15) is 6.26 Å². The molecule has 0 aliphatic carbocycles. The van der Waals surface area contributed by atoms with E-state index in [4.69, 9.17) is 10.5 Å². The van der Waals surface area contributed by atoms with Crippen molar-refractivity contribution >= 4 is 12.1 Å². The topological polar surface area (TPSA) is 107 Å². The first-order valence-electron chi connectivity index (χ1n) is 4.85. The number of nitrogens with zero attached hydrogens (tertiary/aromatic N) is 2. The van der Waals surface area contributed by atoms with Crippen molar-refractivity contribution in [2.75, 3.05) is 0 Å². The number of hydrogen-bond donors (Lipinski definition) is 2. The maximum atomic E-state index is 11.8. The Bertz CT molecular complexity index is 586. The van der Waals surface area contributed by atoms with Gasteiger partial charge in [0.25, 0.3) is 5.91 Å². The number of ether oxygens (including phenoxy) is 1. The lowest BCUT2D eigenvalue weighted by molar-refractivity contribution is 0.0381. The molecule has 0 unspecified atom stereocenters. The fourth-order valence-corrected chi connectivity index (χ4v) is 1.57. The second-order valence-electron chi connectivity index (χ2n) is 4.09. The second-order valence-corrected chi connectivity index (χ2v) is 4.09. The number of primary amides is 1. The molecule has 1 aliphatic rings. The summed E-state index contributed by atoms with van der Waals surface area (Å²) in [6.07, 6.45) is 2.64. The third kappa shape index (κ3) is 1.55. The zero-order chi connectivity index (χ0) is 12.8. The van der Waals surface area contributed by atoms with Crippen LogP contribution in [0.1, 0.15) is 30.2 Å². The molecule has 0 atom stereocenters. The van der Waals surface area contributed by atoms with Crippen molar-refractivity contribution in [1.82, 2.24) is 9.55 Å². The summed E-state index contributed by atoms with van der Waals surface area (Å²) in [6, 6.07) is 0. The lowest BCUT2D eigenvalue weighted by Crippen LogP contribution is -2.36. The summed E-state index contributed by atoms with van der Waals surface area (Å²) in [6.45, 7) is 3.35. The quantitative estimate of drug-likeness (QED) is 0.699. The Labute approximate surface area is 96.1 Å². The molecule has 0 saturated heterocycles. The number of carbonyl (C=O) groups is 1. The van der Waals surface area contributed by atoms with Gasteiger partial charge in [0.15, 0.2) is 17.1 Å². The number of carbonyl (C=O) groups excluding carboxylic acids is 1. The largest absolute Gasteiger partial charge is 0.501 e. The van der Waals surface area contributed by atoms with E-state index in [0.29, 0.717) is 0 Å². The van der Waals surface area contributed by atoms with Crippen LogP contribution < -0.4 is 11.3 Å². The van der Waals surface area contributed by atoms with E-state index >= 15 is 0 Å². The number of aromatic nitrogens is 2. The highest BCUT2D eigenvalue weighted by molar-refractivity contribution is 5.93. The standard InChI is InChI=1S/C10H11N3O4/c1-10(2)9-12-5(7(11)15)6(14)8(16)13(9)3-4-17-10/h3-4,14H,1-2H3,(H2,11,15). The van der Waals surface area contributed by atoms with Crippen molar-refractivity contribution in [2.24, 2.45) is 5.73 Å². The van der Waals surface area contributed by atoms with Crippen LogP contribution in [-0.2, 0) is 10.3 Å². The molecule has 7 heteroatoms. The molecule has 3 N–H and O–H groups in total. The van der Waals surface area contributed by atoms with Gasteiger partial charge in [0, 0.05) is 6.20 Å². The summed E-state index contributed by atoms with van der Waals surface area (Å²) < 4.78 is 6.40. The van der Waals surface area contributed by atoms with Crippen LogP contribution in [0.25, 0.3) is 6.20 Å². The first kappa shape index (κ1) is 11.2. The van der Waals surface area contributed by atoms with E-state index in [1.165, 1.54) is 12.5 Å². The van der Waals surface area contributed by atoms with Crippen LogP contribution in [0.15, 0.2) is 11.1 Å². The summed E-state index contributed by atoms with van der Waals surface area (Å²) in [5.74, 6) is -1.52. The highest BCUT2D eigenvalue weighted by Gasteiger charge is 2.32. The molecule has 1 aromatic rings. The highest BCUT2D eigenvalue weighted by atomic mass is 16.5. The Kier molecular flexibility index (Phi) is 2.20. The number of nitrogens with two attached hydrogens (primary N) is 1.